The first-order valence-corrected chi connectivity index (χ1v) is 7.23. The maximum atomic E-state index is 11.0. The lowest BCUT2D eigenvalue weighted by Crippen LogP contribution is -2.40. The quantitative estimate of drug-likeness (QED) is 0.424. The van der Waals surface area contributed by atoms with Gasteiger partial charge in [0.15, 0.2) is 0 Å². The summed E-state index contributed by atoms with van der Waals surface area (Å²) in [7, 11) is -3.82. The second kappa shape index (κ2) is 6.97. The summed E-state index contributed by atoms with van der Waals surface area (Å²) < 4.78 is 24.2. The maximum absolute atomic E-state index is 11.0. The van der Waals surface area contributed by atoms with Gasteiger partial charge in [-0.15, -0.1) is 0 Å². The molecule has 0 fully saturated rings. The first-order valence-electron chi connectivity index (χ1n) is 5.68. The highest BCUT2D eigenvalue weighted by molar-refractivity contribution is 7.87. The normalized spacial score (nSPS) is 12.2. The van der Waals surface area contributed by atoms with Crippen LogP contribution in [0.2, 0.25) is 0 Å². The average Bonchev–Trinajstić information content (AvgIpc) is 2.28. The van der Waals surface area contributed by atoms with Crippen LogP contribution in [0.1, 0.15) is 19.8 Å². The Bertz CT molecular complexity index is 485. The van der Waals surface area contributed by atoms with Gasteiger partial charge in [0.2, 0.25) is 5.96 Å². The van der Waals surface area contributed by atoms with Crippen molar-refractivity contribution in [3.05, 3.63) is 30.3 Å². The Labute approximate surface area is 107 Å². The van der Waals surface area contributed by atoms with Crippen LogP contribution in [0.4, 0.5) is 5.69 Å². The van der Waals surface area contributed by atoms with E-state index in [0.717, 1.165) is 18.5 Å². The van der Waals surface area contributed by atoms with E-state index >= 15 is 0 Å². The first kappa shape index (κ1) is 14.5. The molecule has 1 aromatic rings. The minimum atomic E-state index is -3.82. The number of anilines is 1. The van der Waals surface area contributed by atoms with Crippen molar-refractivity contribution in [3.63, 3.8) is 0 Å². The summed E-state index contributed by atoms with van der Waals surface area (Å²) in [4.78, 5) is 4.13. The van der Waals surface area contributed by atoms with Crippen LogP contribution in [-0.2, 0) is 10.2 Å². The number of para-hydroxylation sites is 1. The second-order valence-electron chi connectivity index (χ2n) is 3.72. The molecule has 18 heavy (non-hydrogen) atoms. The molecule has 0 saturated heterocycles. The van der Waals surface area contributed by atoms with Crippen LogP contribution in [-0.4, -0.2) is 20.9 Å². The van der Waals surface area contributed by atoms with Crippen molar-refractivity contribution in [1.29, 1.82) is 0 Å². The van der Waals surface area contributed by atoms with E-state index in [0.29, 0.717) is 6.54 Å². The van der Waals surface area contributed by atoms with Crippen molar-refractivity contribution in [2.24, 2.45) is 10.1 Å². The van der Waals surface area contributed by atoms with E-state index in [-0.39, 0.29) is 5.96 Å². The summed E-state index contributed by atoms with van der Waals surface area (Å²) in [6, 6.07) is 9.15. The van der Waals surface area contributed by atoms with E-state index in [1.54, 1.807) is 12.1 Å². The molecule has 0 unspecified atom stereocenters. The van der Waals surface area contributed by atoms with E-state index in [2.05, 4.69) is 15.0 Å². The van der Waals surface area contributed by atoms with Gasteiger partial charge in [-0.2, -0.15) is 8.42 Å². The van der Waals surface area contributed by atoms with E-state index < -0.39 is 10.2 Å². The predicted octanol–water partition coefficient (Wildman–Crippen LogP) is 1.05. The minimum Gasteiger partial charge on any atom is -0.326 e. The molecule has 0 aliphatic carbocycles. The van der Waals surface area contributed by atoms with E-state index in [9.17, 15) is 8.42 Å². The average molecular weight is 270 g/mol. The number of benzene rings is 1. The number of nitrogens with zero attached hydrogens (tertiary/aromatic N) is 1. The molecule has 100 valence electrons. The fraction of sp³-hybridized carbons (Fsp3) is 0.364. The lowest BCUT2D eigenvalue weighted by Gasteiger charge is -2.10. The number of nitrogens with one attached hydrogen (secondary N) is 2. The molecule has 1 rings (SSSR count). The van der Waals surface area contributed by atoms with Gasteiger partial charge in [0.25, 0.3) is 10.2 Å². The van der Waals surface area contributed by atoms with Gasteiger partial charge in [-0.1, -0.05) is 31.5 Å². The fourth-order valence-electron chi connectivity index (χ4n) is 1.24. The summed E-state index contributed by atoms with van der Waals surface area (Å²) >= 11 is 0. The Kier molecular flexibility index (Phi) is 5.60. The second-order valence-corrected chi connectivity index (χ2v) is 5.02. The van der Waals surface area contributed by atoms with Gasteiger partial charge < -0.3 is 5.32 Å². The summed E-state index contributed by atoms with van der Waals surface area (Å²) in [5.74, 6) is 0.136. The topological polar surface area (TPSA) is 96.6 Å². The number of nitrogens with two attached hydrogens (primary N) is 1. The van der Waals surface area contributed by atoms with Gasteiger partial charge >= 0.3 is 0 Å². The van der Waals surface area contributed by atoms with Crippen molar-refractivity contribution < 1.29 is 8.42 Å². The zero-order valence-electron chi connectivity index (χ0n) is 10.3. The number of hydrogen-bond acceptors (Lipinski definition) is 3. The highest BCUT2D eigenvalue weighted by atomic mass is 32.2. The third-order valence-corrected chi connectivity index (χ3v) is 2.53. The monoisotopic (exact) mass is 270 g/mol. The zero-order chi connectivity index (χ0) is 13.4. The Morgan fingerprint density at radius 2 is 2.00 bits per heavy atom. The molecule has 0 bridgehead atoms. The number of aliphatic imine (C=N–C) groups is 1. The van der Waals surface area contributed by atoms with Crippen LogP contribution in [0.15, 0.2) is 35.3 Å². The number of rotatable bonds is 5. The van der Waals surface area contributed by atoms with Gasteiger partial charge in [0.1, 0.15) is 0 Å². The molecule has 6 nitrogen and oxygen atoms in total. The third kappa shape index (κ3) is 6.21. The molecule has 0 saturated carbocycles. The Morgan fingerprint density at radius 3 is 2.56 bits per heavy atom. The molecule has 0 aliphatic rings. The number of guanidine groups is 1. The van der Waals surface area contributed by atoms with Crippen molar-refractivity contribution in [2.75, 3.05) is 11.9 Å². The molecule has 1 aromatic carbocycles. The van der Waals surface area contributed by atoms with E-state index in [4.69, 9.17) is 5.14 Å². The summed E-state index contributed by atoms with van der Waals surface area (Å²) in [6.07, 6.45) is 1.86. The molecule has 0 atom stereocenters. The Hall–Kier alpha value is -1.60. The maximum Gasteiger partial charge on any atom is 0.298 e. The number of unbranched alkanes of at least 4 members (excludes halogenated alkanes) is 1. The first-order chi connectivity index (χ1) is 8.51. The molecule has 0 spiro atoms. The van der Waals surface area contributed by atoms with Gasteiger partial charge in [-0.05, 0) is 18.6 Å². The predicted molar refractivity (Wildman–Crippen MR) is 73.5 cm³/mol. The van der Waals surface area contributed by atoms with Crippen LogP contribution in [0, 0.1) is 0 Å². The van der Waals surface area contributed by atoms with Crippen LogP contribution in [0.25, 0.3) is 0 Å². The molecule has 4 N–H and O–H groups in total. The SMILES string of the molecule is CCCCN=C(Nc1ccccc1)NS(N)(=O)=O. The highest BCUT2D eigenvalue weighted by Gasteiger charge is 2.06. The van der Waals surface area contributed by atoms with Gasteiger partial charge in [-0.25, -0.2) is 9.86 Å². The van der Waals surface area contributed by atoms with Gasteiger partial charge in [-0.3, -0.25) is 4.99 Å². The van der Waals surface area contributed by atoms with Crippen LogP contribution in [0.3, 0.4) is 0 Å². The lowest BCUT2D eigenvalue weighted by molar-refractivity contribution is 0.594. The molecule has 0 aromatic heterocycles. The molecular weight excluding hydrogens is 252 g/mol. The van der Waals surface area contributed by atoms with Gasteiger partial charge in [0.05, 0.1) is 0 Å². The van der Waals surface area contributed by atoms with Crippen molar-refractivity contribution in [3.8, 4) is 0 Å². The Balaban J connectivity index is 2.74. The standard InChI is InChI=1S/C11H18N4O2S/c1-2-3-9-13-11(15-18(12,16)17)14-10-7-5-4-6-8-10/h4-8H,2-3,9H2,1H3,(H2,12,16,17)(H2,13,14,15). The zero-order valence-corrected chi connectivity index (χ0v) is 11.1. The Morgan fingerprint density at radius 1 is 1.33 bits per heavy atom. The van der Waals surface area contributed by atoms with Gasteiger partial charge in [0, 0.05) is 12.2 Å². The van der Waals surface area contributed by atoms with Crippen molar-refractivity contribution in [2.45, 2.75) is 19.8 Å². The molecule has 0 aliphatic heterocycles. The fourth-order valence-corrected chi connectivity index (χ4v) is 1.62. The smallest absolute Gasteiger partial charge is 0.298 e. The summed E-state index contributed by atoms with van der Waals surface area (Å²) in [6.45, 7) is 2.57. The van der Waals surface area contributed by atoms with Crippen molar-refractivity contribution in [1.82, 2.24) is 4.72 Å². The molecule has 0 amide bonds. The summed E-state index contributed by atoms with van der Waals surface area (Å²) in [5, 5.41) is 7.81. The van der Waals surface area contributed by atoms with Crippen LogP contribution < -0.4 is 15.2 Å². The minimum absolute atomic E-state index is 0.136. The van der Waals surface area contributed by atoms with Crippen LogP contribution >= 0.6 is 0 Å². The molecule has 0 heterocycles. The highest BCUT2D eigenvalue weighted by Crippen LogP contribution is 2.04. The van der Waals surface area contributed by atoms with E-state index in [1.165, 1.54) is 0 Å². The molecular formula is C11H18N4O2S. The van der Waals surface area contributed by atoms with E-state index in [1.807, 2.05) is 25.1 Å². The van der Waals surface area contributed by atoms with Crippen molar-refractivity contribution >= 4 is 21.9 Å². The largest absolute Gasteiger partial charge is 0.326 e. The van der Waals surface area contributed by atoms with Crippen LogP contribution in [0.5, 0.6) is 0 Å². The number of hydrogen-bond donors (Lipinski definition) is 3. The third-order valence-electron chi connectivity index (χ3n) is 2.06. The lowest BCUT2D eigenvalue weighted by atomic mass is 10.3. The summed E-state index contributed by atoms with van der Waals surface area (Å²) in [5.41, 5.74) is 0.740. The molecule has 7 heteroatoms. The molecule has 0 radical (unpaired) electrons.